The van der Waals surface area contributed by atoms with Crippen LogP contribution in [0, 0.1) is 0 Å². The summed E-state index contributed by atoms with van der Waals surface area (Å²) in [6, 6.07) is 12.3. The van der Waals surface area contributed by atoms with Crippen LogP contribution in [0.1, 0.15) is 22.8 Å². The third-order valence-electron chi connectivity index (χ3n) is 3.89. The highest BCUT2D eigenvalue weighted by molar-refractivity contribution is 5.35. The van der Waals surface area contributed by atoms with Gasteiger partial charge in [-0.15, -0.1) is 0 Å². The molecule has 0 aliphatic heterocycles. The molecule has 0 fully saturated rings. The van der Waals surface area contributed by atoms with E-state index in [9.17, 15) is 5.11 Å². The largest absolute Gasteiger partial charge is 0.387 e. The highest BCUT2D eigenvalue weighted by Gasteiger charge is 2.33. The van der Waals surface area contributed by atoms with Crippen LogP contribution in [0.3, 0.4) is 0 Å². The molecule has 0 amide bonds. The van der Waals surface area contributed by atoms with Crippen molar-refractivity contribution in [2.75, 3.05) is 7.05 Å². The Morgan fingerprint density at radius 3 is 2.84 bits per heavy atom. The molecule has 98 valence electrons. The molecule has 3 heteroatoms. The van der Waals surface area contributed by atoms with Crippen molar-refractivity contribution in [1.82, 2.24) is 9.88 Å². The molecular formula is C16H18N2O. The molecule has 1 aromatic heterocycles. The number of aromatic nitrogens is 1. The first-order valence-corrected chi connectivity index (χ1v) is 6.60. The molecule has 0 saturated carbocycles. The molecule has 2 atom stereocenters. The van der Waals surface area contributed by atoms with Crippen molar-refractivity contribution in [2.45, 2.75) is 25.1 Å². The second-order valence-corrected chi connectivity index (χ2v) is 5.19. The minimum atomic E-state index is -0.391. The average Bonchev–Trinajstić information content (AvgIpc) is 2.78. The smallest absolute Gasteiger partial charge is 0.0951 e. The van der Waals surface area contributed by atoms with Gasteiger partial charge in [0.25, 0.3) is 0 Å². The fourth-order valence-electron chi connectivity index (χ4n) is 2.85. The summed E-state index contributed by atoms with van der Waals surface area (Å²) in [6.07, 6.45) is 4.18. The lowest BCUT2D eigenvalue weighted by Gasteiger charge is -2.27. The van der Waals surface area contributed by atoms with Gasteiger partial charge >= 0.3 is 0 Å². The van der Waals surface area contributed by atoms with E-state index >= 15 is 0 Å². The Labute approximate surface area is 113 Å². The van der Waals surface area contributed by atoms with Crippen LogP contribution in [0.2, 0.25) is 0 Å². The molecule has 2 aromatic rings. The number of fused-ring (bicyclic) bond motifs is 1. The van der Waals surface area contributed by atoms with Crippen molar-refractivity contribution >= 4 is 0 Å². The number of hydrogen-bond acceptors (Lipinski definition) is 3. The number of benzene rings is 1. The zero-order chi connectivity index (χ0) is 13.2. The molecule has 1 aliphatic rings. The number of aliphatic hydroxyl groups is 1. The molecule has 1 N–H and O–H groups in total. The van der Waals surface area contributed by atoms with Crippen molar-refractivity contribution in [3.8, 4) is 0 Å². The minimum Gasteiger partial charge on any atom is -0.387 e. The standard InChI is InChI=1S/C16H18N2O/c1-18(11-12-5-4-8-17-10-12)15-9-13-6-2-3-7-14(13)16(15)19/h2-8,10,15-16,19H,9,11H2,1H3. The molecule has 3 nitrogen and oxygen atoms in total. The molecular weight excluding hydrogens is 236 g/mol. The second-order valence-electron chi connectivity index (χ2n) is 5.19. The third-order valence-corrected chi connectivity index (χ3v) is 3.89. The average molecular weight is 254 g/mol. The summed E-state index contributed by atoms with van der Waals surface area (Å²) in [4.78, 5) is 6.34. The monoisotopic (exact) mass is 254 g/mol. The lowest BCUT2D eigenvalue weighted by Crippen LogP contribution is -2.34. The highest BCUT2D eigenvalue weighted by Crippen LogP contribution is 2.34. The molecule has 1 aromatic carbocycles. The Bertz CT molecular complexity index is 556. The summed E-state index contributed by atoms with van der Waals surface area (Å²) in [5, 5.41) is 10.4. The van der Waals surface area contributed by atoms with E-state index in [1.54, 1.807) is 6.20 Å². The number of pyridine rings is 1. The molecule has 1 heterocycles. The zero-order valence-electron chi connectivity index (χ0n) is 11.0. The Balaban J connectivity index is 1.74. The maximum Gasteiger partial charge on any atom is 0.0951 e. The predicted octanol–water partition coefficient (Wildman–Crippen LogP) is 2.17. The summed E-state index contributed by atoms with van der Waals surface area (Å²) in [7, 11) is 2.06. The van der Waals surface area contributed by atoms with Crippen LogP contribution in [0.25, 0.3) is 0 Å². The summed E-state index contributed by atoms with van der Waals surface area (Å²) < 4.78 is 0. The van der Waals surface area contributed by atoms with Crippen LogP contribution >= 0.6 is 0 Å². The van der Waals surface area contributed by atoms with E-state index in [1.165, 1.54) is 11.1 Å². The first-order chi connectivity index (χ1) is 9.25. The fraction of sp³-hybridized carbons (Fsp3) is 0.312. The lowest BCUT2D eigenvalue weighted by atomic mass is 10.1. The summed E-state index contributed by atoms with van der Waals surface area (Å²) in [6.45, 7) is 0.809. The van der Waals surface area contributed by atoms with Gasteiger partial charge in [0.15, 0.2) is 0 Å². The number of rotatable bonds is 3. The van der Waals surface area contributed by atoms with Gasteiger partial charge in [-0.05, 0) is 36.2 Å². The number of likely N-dealkylation sites (N-methyl/N-ethyl adjacent to an activating group) is 1. The predicted molar refractivity (Wildman–Crippen MR) is 74.6 cm³/mol. The van der Waals surface area contributed by atoms with Crippen molar-refractivity contribution in [3.05, 3.63) is 65.5 Å². The van der Waals surface area contributed by atoms with E-state index in [1.807, 2.05) is 30.5 Å². The van der Waals surface area contributed by atoms with Gasteiger partial charge in [-0.2, -0.15) is 0 Å². The Kier molecular flexibility index (Phi) is 3.32. The first-order valence-electron chi connectivity index (χ1n) is 6.60. The van der Waals surface area contributed by atoms with Gasteiger partial charge in [0.05, 0.1) is 6.10 Å². The third kappa shape index (κ3) is 2.39. The van der Waals surface area contributed by atoms with Crippen molar-refractivity contribution in [1.29, 1.82) is 0 Å². The van der Waals surface area contributed by atoms with Gasteiger partial charge < -0.3 is 5.11 Å². The number of hydrogen-bond donors (Lipinski definition) is 1. The molecule has 0 spiro atoms. The Hall–Kier alpha value is -1.71. The van der Waals surface area contributed by atoms with Gasteiger partial charge in [0.2, 0.25) is 0 Å². The van der Waals surface area contributed by atoms with Gasteiger partial charge in [0, 0.05) is 25.0 Å². The van der Waals surface area contributed by atoms with Gasteiger partial charge in [-0.25, -0.2) is 0 Å². The topological polar surface area (TPSA) is 36.4 Å². The number of aliphatic hydroxyl groups excluding tert-OH is 1. The summed E-state index contributed by atoms with van der Waals surface area (Å²) >= 11 is 0. The highest BCUT2D eigenvalue weighted by atomic mass is 16.3. The van der Waals surface area contributed by atoms with Crippen LogP contribution in [-0.2, 0) is 13.0 Å². The summed E-state index contributed by atoms with van der Waals surface area (Å²) in [5.41, 5.74) is 3.51. The van der Waals surface area contributed by atoms with E-state index in [0.29, 0.717) is 0 Å². The van der Waals surface area contributed by atoms with Gasteiger partial charge in [0.1, 0.15) is 0 Å². The maximum atomic E-state index is 10.4. The van der Waals surface area contributed by atoms with E-state index < -0.39 is 6.10 Å². The van der Waals surface area contributed by atoms with Crippen LogP contribution in [0.4, 0.5) is 0 Å². The van der Waals surface area contributed by atoms with Crippen LogP contribution in [0.15, 0.2) is 48.8 Å². The molecule has 0 radical (unpaired) electrons. The molecule has 0 bridgehead atoms. The van der Waals surface area contributed by atoms with E-state index in [2.05, 4.69) is 29.1 Å². The van der Waals surface area contributed by atoms with E-state index in [4.69, 9.17) is 0 Å². The van der Waals surface area contributed by atoms with Crippen LogP contribution < -0.4 is 0 Å². The van der Waals surface area contributed by atoms with E-state index in [0.717, 1.165) is 18.5 Å². The van der Waals surface area contributed by atoms with Crippen molar-refractivity contribution < 1.29 is 5.11 Å². The minimum absolute atomic E-state index is 0.151. The molecule has 3 rings (SSSR count). The Morgan fingerprint density at radius 2 is 2.11 bits per heavy atom. The van der Waals surface area contributed by atoms with Crippen LogP contribution in [-0.4, -0.2) is 28.1 Å². The molecule has 0 saturated heterocycles. The molecule has 2 unspecified atom stereocenters. The molecule has 1 aliphatic carbocycles. The second kappa shape index (κ2) is 5.11. The van der Waals surface area contributed by atoms with Gasteiger partial charge in [-0.1, -0.05) is 30.3 Å². The normalized spacial score (nSPS) is 21.6. The Morgan fingerprint density at radius 1 is 1.26 bits per heavy atom. The number of nitrogens with zero attached hydrogens (tertiary/aromatic N) is 2. The lowest BCUT2D eigenvalue weighted by molar-refractivity contribution is 0.0721. The van der Waals surface area contributed by atoms with Crippen LogP contribution in [0.5, 0.6) is 0 Å². The van der Waals surface area contributed by atoms with Crippen molar-refractivity contribution in [3.63, 3.8) is 0 Å². The zero-order valence-corrected chi connectivity index (χ0v) is 11.0. The first kappa shape index (κ1) is 12.3. The quantitative estimate of drug-likeness (QED) is 0.912. The van der Waals surface area contributed by atoms with Crippen molar-refractivity contribution in [2.24, 2.45) is 0 Å². The maximum absolute atomic E-state index is 10.4. The fourth-order valence-corrected chi connectivity index (χ4v) is 2.85. The molecule has 19 heavy (non-hydrogen) atoms. The SMILES string of the molecule is CN(Cc1cccnc1)C1Cc2ccccc2C1O. The summed E-state index contributed by atoms with van der Waals surface area (Å²) in [5.74, 6) is 0. The van der Waals surface area contributed by atoms with E-state index in [-0.39, 0.29) is 6.04 Å². The van der Waals surface area contributed by atoms with Gasteiger partial charge in [-0.3, -0.25) is 9.88 Å².